The first kappa shape index (κ1) is 24.9. The zero-order valence-electron chi connectivity index (χ0n) is 19.5. The van der Waals surface area contributed by atoms with Crippen molar-refractivity contribution in [2.75, 3.05) is 39.4 Å². The summed E-state index contributed by atoms with van der Waals surface area (Å²) in [6, 6.07) is 12.4. The molecule has 3 rings (SSSR count). The van der Waals surface area contributed by atoms with Crippen LogP contribution in [0.1, 0.15) is 24.2 Å². The standard InChI is InChI=1S/C25H27NO7S/c1-5-31-19-9-7-8-10-20(19)33-14-22(27)26-24-23(25(28)32-6-2)17(15-34-24)16-11-12-18(29-3)21(13-16)30-4/h7-13,15H,5-6,14H2,1-4H3,(H,26,27). The van der Waals surface area contributed by atoms with Gasteiger partial charge in [0.15, 0.2) is 29.6 Å². The Morgan fingerprint density at radius 2 is 1.59 bits per heavy atom. The monoisotopic (exact) mass is 485 g/mol. The van der Waals surface area contributed by atoms with Gasteiger partial charge in [0.05, 0.1) is 27.4 Å². The van der Waals surface area contributed by atoms with E-state index in [9.17, 15) is 9.59 Å². The maximum absolute atomic E-state index is 12.8. The molecule has 0 saturated carbocycles. The van der Waals surface area contributed by atoms with E-state index in [1.165, 1.54) is 18.4 Å². The molecule has 180 valence electrons. The van der Waals surface area contributed by atoms with E-state index in [4.69, 9.17) is 23.7 Å². The summed E-state index contributed by atoms with van der Waals surface area (Å²) < 4.78 is 27.1. The smallest absolute Gasteiger partial charge is 0.341 e. The number of rotatable bonds is 11. The van der Waals surface area contributed by atoms with E-state index in [1.54, 1.807) is 49.7 Å². The zero-order chi connectivity index (χ0) is 24.5. The molecule has 0 aliphatic carbocycles. The van der Waals surface area contributed by atoms with Gasteiger partial charge in [-0.3, -0.25) is 4.79 Å². The molecule has 34 heavy (non-hydrogen) atoms. The highest BCUT2D eigenvalue weighted by Crippen LogP contribution is 2.39. The van der Waals surface area contributed by atoms with Crippen molar-refractivity contribution in [1.29, 1.82) is 0 Å². The summed E-state index contributed by atoms with van der Waals surface area (Å²) in [7, 11) is 3.09. The molecule has 1 heterocycles. The van der Waals surface area contributed by atoms with Crippen molar-refractivity contribution in [3.8, 4) is 34.1 Å². The summed E-state index contributed by atoms with van der Waals surface area (Å²) in [4.78, 5) is 25.5. The third-order valence-corrected chi connectivity index (χ3v) is 5.62. The van der Waals surface area contributed by atoms with Crippen LogP contribution in [0.5, 0.6) is 23.0 Å². The number of esters is 1. The normalized spacial score (nSPS) is 10.4. The Morgan fingerprint density at radius 1 is 0.882 bits per heavy atom. The van der Waals surface area contributed by atoms with E-state index >= 15 is 0 Å². The van der Waals surface area contributed by atoms with Crippen molar-refractivity contribution in [3.63, 3.8) is 0 Å². The van der Waals surface area contributed by atoms with Crippen LogP contribution < -0.4 is 24.3 Å². The zero-order valence-corrected chi connectivity index (χ0v) is 20.3. The van der Waals surface area contributed by atoms with Crippen LogP contribution in [0, 0.1) is 0 Å². The number of benzene rings is 2. The van der Waals surface area contributed by atoms with Gasteiger partial charge in [-0.25, -0.2) is 4.79 Å². The lowest BCUT2D eigenvalue weighted by Gasteiger charge is -2.12. The highest BCUT2D eigenvalue weighted by Gasteiger charge is 2.24. The van der Waals surface area contributed by atoms with E-state index < -0.39 is 11.9 Å². The highest BCUT2D eigenvalue weighted by molar-refractivity contribution is 7.15. The van der Waals surface area contributed by atoms with Crippen LogP contribution in [0.4, 0.5) is 5.00 Å². The highest BCUT2D eigenvalue weighted by atomic mass is 32.1. The molecule has 1 N–H and O–H groups in total. The Labute approximate surface area is 202 Å². The van der Waals surface area contributed by atoms with Gasteiger partial charge in [0, 0.05) is 10.9 Å². The molecule has 0 fully saturated rings. The fourth-order valence-electron chi connectivity index (χ4n) is 3.22. The molecule has 1 aromatic heterocycles. The van der Waals surface area contributed by atoms with Crippen LogP contribution in [0.3, 0.4) is 0 Å². The predicted molar refractivity (Wildman–Crippen MR) is 131 cm³/mol. The molecular weight excluding hydrogens is 458 g/mol. The first-order valence-electron chi connectivity index (χ1n) is 10.7. The van der Waals surface area contributed by atoms with E-state index in [-0.39, 0.29) is 18.8 Å². The summed E-state index contributed by atoms with van der Waals surface area (Å²) in [6.07, 6.45) is 0. The SMILES string of the molecule is CCOC(=O)c1c(-c2ccc(OC)c(OC)c2)csc1NC(=O)COc1ccccc1OCC. The second-order valence-electron chi connectivity index (χ2n) is 6.86. The molecule has 0 spiro atoms. The van der Waals surface area contributed by atoms with Crippen molar-refractivity contribution < 1.29 is 33.3 Å². The number of carbonyl (C=O) groups excluding carboxylic acids is 2. The van der Waals surface area contributed by atoms with Gasteiger partial charge in [0.25, 0.3) is 5.91 Å². The van der Waals surface area contributed by atoms with E-state index in [1.807, 2.05) is 19.1 Å². The van der Waals surface area contributed by atoms with Crippen LogP contribution in [0.25, 0.3) is 11.1 Å². The van der Waals surface area contributed by atoms with Gasteiger partial charge in [0.2, 0.25) is 0 Å². The number of hydrogen-bond donors (Lipinski definition) is 1. The summed E-state index contributed by atoms with van der Waals surface area (Å²) in [5, 5.41) is 4.93. The summed E-state index contributed by atoms with van der Waals surface area (Å²) in [5.41, 5.74) is 1.60. The number of thiophene rings is 1. The topological polar surface area (TPSA) is 92.3 Å². The number of methoxy groups -OCH3 is 2. The largest absolute Gasteiger partial charge is 0.493 e. The van der Waals surface area contributed by atoms with Gasteiger partial charge < -0.3 is 29.0 Å². The van der Waals surface area contributed by atoms with Gasteiger partial charge in [-0.05, 0) is 43.7 Å². The molecule has 3 aromatic rings. The number of nitrogens with one attached hydrogen (secondary N) is 1. The van der Waals surface area contributed by atoms with Crippen LogP contribution in [-0.2, 0) is 9.53 Å². The minimum atomic E-state index is -0.536. The Hall–Kier alpha value is -3.72. The summed E-state index contributed by atoms with van der Waals surface area (Å²) in [5.74, 6) is 1.15. The average Bonchev–Trinajstić information content (AvgIpc) is 3.26. The van der Waals surface area contributed by atoms with Crippen molar-refractivity contribution in [2.45, 2.75) is 13.8 Å². The van der Waals surface area contributed by atoms with Crippen molar-refractivity contribution in [1.82, 2.24) is 0 Å². The number of anilines is 1. The van der Waals surface area contributed by atoms with E-state index in [2.05, 4.69) is 5.32 Å². The molecule has 9 heteroatoms. The Morgan fingerprint density at radius 3 is 2.24 bits per heavy atom. The quantitative estimate of drug-likeness (QED) is 0.381. The Balaban J connectivity index is 1.84. The van der Waals surface area contributed by atoms with Crippen LogP contribution in [-0.4, -0.2) is 45.9 Å². The molecule has 0 atom stereocenters. The number of hydrogen-bond acceptors (Lipinski definition) is 8. The summed E-state index contributed by atoms with van der Waals surface area (Å²) in [6.45, 7) is 4.01. The second-order valence-corrected chi connectivity index (χ2v) is 7.74. The number of ether oxygens (including phenoxy) is 5. The van der Waals surface area contributed by atoms with Gasteiger partial charge in [-0.2, -0.15) is 0 Å². The van der Waals surface area contributed by atoms with Crippen molar-refractivity contribution in [3.05, 3.63) is 53.4 Å². The van der Waals surface area contributed by atoms with Crippen LogP contribution in [0.15, 0.2) is 47.8 Å². The van der Waals surface area contributed by atoms with Crippen molar-refractivity contribution >= 4 is 28.2 Å². The maximum Gasteiger partial charge on any atom is 0.341 e. The predicted octanol–water partition coefficient (Wildman–Crippen LogP) is 5.03. The third kappa shape index (κ3) is 5.79. The molecule has 1 amide bonds. The Bertz CT molecular complexity index is 1140. The molecule has 0 unspecified atom stereocenters. The lowest BCUT2D eigenvalue weighted by molar-refractivity contribution is -0.118. The molecule has 2 aromatic carbocycles. The molecule has 0 bridgehead atoms. The number of carbonyl (C=O) groups is 2. The molecule has 8 nitrogen and oxygen atoms in total. The van der Waals surface area contributed by atoms with Crippen LogP contribution >= 0.6 is 11.3 Å². The maximum atomic E-state index is 12.8. The minimum Gasteiger partial charge on any atom is -0.493 e. The lowest BCUT2D eigenvalue weighted by Crippen LogP contribution is -2.21. The van der Waals surface area contributed by atoms with Gasteiger partial charge in [0.1, 0.15) is 10.6 Å². The van der Waals surface area contributed by atoms with Crippen LogP contribution in [0.2, 0.25) is 0 Å². The number of amides is 1. The summed E-state index contributed by atoms with van der Waals surface area (Å²) >= 11 is 1.22. The van der Waals surface area contributed by atoms with E-state index in [0.717, 1.165) is 5.56 Å². The van der Waals surface area contributed by atoms with Gasteiger partial charge in [-0.15, -0.1) is 11.3 Å². The molecule has 0 saturated heterocycles. The fraction of sp³-hybridized carbons (Fsp3) is 0.280. The van der Waals surface area contributed by atoms with E-state index in [0.29, 0.717) is 40.2 Å². The fourth-order valence-corrected chi connectivity index (χ4v) is 4.20. The average molecular weight is 486 g/mol. The van der Waals surface area contributed by atoms with Crippen molar-refractivity contribution in [2.24, 2.45) is 0 Å². The lowest BCUT2D eigenvalue weighted by atomic mass is 10.0. The minimum absolute atomic E-state index is 0.199. The second kappa shape index (κ2) is 11.9. The first-order chi connectivity index (χ1) is 16.5. The first-order valence-corrected chi connectivity index (χ1v) is 11.6. The molecule has 0 aliphatic rings. The number of para-hydroxylation sites is 2. The van der Waals surface area contributed by atoms with Gasteiger partial charge in [-0.1, -0.05) is 18.2 Å². The third-order valence-electron chi connectivity index (χ3n) is 4.73. The van der Waals surface area contributed by atoms with Gasteiger partial charge >= 0.3 is 5.97 Å². The molecular formula is C25H27NO7S. The molecule has 0 aliphatic heterocycles. The molecule has 0 radical (unpaired) electrons. The Kier molecular flexibility index (Phi) is 8.75.